The van der Waals surface area contributed by atoms with Crippen LogP contribution >= 0.6 is 0 Å². The molecule has 4 heterocycles. The number of nitrogens with two attached hydrogens (primary N) is 2. The molecule has 2 fully saturated rings. The van der Waals surface area contributed by atoms with Crippen LogP contribution in [0.2, 0.25) is 0 Å². The van der Waals surface area contributed by atoms with Crippen LogP contribution < -0.4 is 16.4 Å². The van der Waals surface area contributed by atoms with Crippen molar-refractivity contribution in [3.8, 4) is 0 Å². The number of piperidine rings is 1. The minimum absolute atomic E-state index is 0.0136. The van der Waals surface area contributed by atoms with Gasteiger partial charge in [-0.1, -0.05) is 11.2 Å². The molecule has 1 aromatic carbocycles. The lowest BCUT2D eigenvalue weighted by atomic mass is 9.97. The molecule has 1 aliphatic carbocycles. The summed E-state index contributed by atoms with van der Waals surface area (Å²) in [7, 11) is 0. The van der Waals surface area contributed by atoms with Crippen LogP contribution in [-0.4, -0.2) is 45.5 Å². The van der Waals surface area contributed by atoms with E-state index in [1.807, 2.05) is 13.0 Å². The van der Waals surface area contributed by atoms with Gasteiger partial charge in [-0.25, -0.2) is 9.97 Å². The summed E-state index contributed by atoms with van der Waals surface area (Å²) in [6.45, 7) is 3.85. The Morgan fingerprint density at radius 3 is 2.68 bits per heavy atom. The molecule has 38 heavy (non-hydrogen) atoms. The van der Waals surface area contributed by atoms with E-state index in [9.17, 15) is 13.2 Å². The topological polar surface area (TPSA) is 144 Å². The zero-order valence-electron chi connectivity index (χ0n) is 20.5. The summed E-state index contributed by atoms with van der Waals surface area (Å²) in [6, 6.07) is 6.87. The van der Waals surface area contributed by atoms with Gasteiger partial charge in [-0.3, -0.25) is 10.4 Å². The highest BCUT2D eigenvalue weighted by atomic mass is 19.4. The molecule has 0 amide bonds. The summed E-state index contributed by atoms with van der Waals surface area (Å²) in [5, 5.41) is 13.3. The summed E-state index contributed by atoms with van der Waals surface area (Å²) < 4.78 is 44.3. The molecule has 1 saturated carbocycles. The lowest BCUT2D eigenvalue weighted by Crippen LogP contribution is -2.33. The number of anilines is 2. The second-order valence-electron chi connectivity index (χ2n) is 9.98. The fourth-order valence-electron chi connectivity index (χ4n) is 5.87. The lowest BCUT2D eigenvalue weighted by molar-refractivity contribution is -0.137. The van der Waals surface area contributed by atoms with Crippen LogP contribution in [0.4, 0.5) is 24.8 Å². The van der Waals surface area contributed by atoms with E-state index in [-0.39, 0.29) is 28.2 Å². The van der Waals surface area contributed by atoms with Gasteiger partial charge >= 0.3 is 6.18 Å². The monoisotopic (exact) mass is 522 g/mol. The number of aromatic nitrogens is 4. The number of halogens is 3. The molecule has 2 aliphatic rings. The van der Waals surface area contributed by atoms with E-state index >= 15 is 0 Å². The van der Waals surface area contributed by atoms with Crippen LogP contribution in [0.3, 0.4) is 0 Å². The molecule has 3 aromatic heterocycles. The second-order valence-corrected chi connectivity index (χ2v) is 9.98. The Kier molecular flexibility index (Phi) is 5.42. The maximum Gasteiger partial charge on any atom is 0.416 e. The van der Waals surface area contributed by atoms with E-state index in [1.165, 1.54) is 12.3 Å². The van der Waals surface area contributed by atoms with Gasteiger partial charge in [0.15, 0.2) is 5.82 Å². The summed E-state index contributed by atoms with van der Waals surface area (Å²) in [4.78, 5) is 15.2. The first kappa shape index (κ1) is 24.3. The fraction of sp³-hybridized carbons (Fsp3) is 0.346. The van der Waals surface area contributed by atoms with E-state index in [2.05, 4.69) is 25.0 Å². The number of nitrogens with one attached hydrogen (secondary N) is 1. The molecular formula is C26H25F3N8O. The fourth-order valence-corrected chi connectivity index (χ4v) is 5.87. The molecule has 12 heteroatoms. The zero-order valence-corrected chi connectivity index (χ0v) is 20.5. The number of aryl methyl sites for hydroxylation is 1. The van der Waals surface area contributed by atoms with Gasteiger partial charge in [0.05, 0.1) is 28.7 Å². The quantitative estimate of drug-likeness (QED) is 0.337. The molecule has 5 N–H and O–H groups in total. The predicted octanol–water partition coefficient (Wildman–Crippen LogP) is 3.69. The second kappa shape index (κ2) is 8.48. The van der Waals surface area contributed by atoms with E-state index in [1.54, 1.807) is 12.3 Å². The van der Waals surface area contributed by atoms with E-state index in [0.717, 1.165) is 43.1 Å². The SMILES string of the molecule is Cc1cc([C@@]2(CN)[C@@H]3CCN(c4cnc(C(=N)c5cnc6cc(C(F)(F)F)ccc6c5)c(N)n4)C[C@@H]32)no1. The van der Waals surface area contributed by atoms with Gasteiger partial charge in [0, 0.05) is 48.3 Å². The van der Waals surface area contributed by atoms with Gasteiger partial charge in [0.1, 0.15) is 17.3 Å². The molecular weight excluding hydrogens is 497 g/mol. The number of hydrogen-bond donors (Lipinski definition) is 3. The van der Waals surface area contributed by atoms with Crippen LogP contribution in [0.15, 0.2) is 47.2 Å². The number of pyridine rings is 1. The average molecular weight is 523 g/mol. The normalized spacial score (nSPS) is 22.9. The summed E-state index contributed by atoms with van der Waals surface area (Å²) in [5.74, 6) is 2.21. The number of benzene rings is 1. The van der Waals surface area contributed by atoms with Gasteiger partial charge in [-0.2, -0.15) is 13.2 Å². The molecule has 1 saturated heterocycles. The minimum Gasteiger partial charge on any atom is -0.382 e. The van der Waals surface area contributed by atoms with Crippen LogP contribution in [-0.2, 0) is 11.6 Å². The molecule has 9 nitrogen and oxygen atoms in total. The Hall–Kier alpha value is -4.06. The van der Waals surface area contributed by atoms with Crippen LogP contribution in [0.1, 0.15) is 34.7 Å². The number of alkyl halides is 3. The van der Waals surface area contributed by atoms with Crippen LogP contribution in [0, 0.1) is 24.2 Å². The van der Waals surface area contributed by atoms with Gasteiger partial charge in [-0.15, -0.1) is 0 Å². The zero-order chi connectivity index (χ0) is 26.8. The number of nitrogens with zero attached hydrogens (tertiary/aromatic N) is 5. The first-order chi connectivity index (χ1) is 18.1. The van der Waals surface area contributed by atoms with E-state index < -0.39 is 11.7 Å². The molecule has 0 spiro atoms. The van der Waals surface area contributed by atoms with Crippen LogP contribution in [0.25, 0.3) is 10.9 Å². The third kappa shape index (κ3) is 3.78. The first-order valence-corrected chi connectivity index (χ1v) is 12.2. The van der Waals surface area contributed by atoms with Crippen LogP contribution in [0.5, 0.6) is 0 Å². The molecule has 0 bridgehead atoms. The Bertz CT molecular complexity index is 1570. The molecule has 4 aromatic rings. The Balaban J connectivity index is 1.21. The predicted molar refractivity (Wildman–Crippen MR) is 135 cm³/mol. The molecule has 196 valence electrons. The van der Waals surface area contributed by atoms with Crippen molar-refractivity contribution in [1.82, 2.24) is 20.1 Å². The lowest BCUT2D eigenvalue weighted by Gasteiger charge is -2.27. The van der Waals surface area contributed by atoms with Gasteiger partial charge in [0.25, 0.3) is 0 Å². The van der Waals surface area contributed by atoms with Gasteiger partial charge < -0.3 is 20.9 Å². The smallest absolute Gasteiger partial charge is 0.382 e. The Morgan fingerprint density at radius 2 is 2.00 bits per heavy atom. The number of rotatable bonds is 5. The van der Waals surface area contributed by atoms with Crippen molar-refractivity contribution >= 4 is 28.3 Å². The maximum absolute atomic E-state index is 13.0. The molecule has 1 aliphatic heterocycles. The largest absolute Gasteiger partial charge is 0.416 e. The number of nitrogen functional groups attached to an aromatic ring is 1. The van der Waals surface area contributed by atoms with Crippen molar-refractivity contribution in [3.63, 3.8) is 0 Å². The molecule has 6 rings (SSSR count). The van der Waals surface area contributed by atoms with Crippen molar-refractivity contribution in [2.45, 2.75) is 24.9 Å². The Labute approximate surface area is 215 Å². The standard InChI is InChI=1S/C26H25F3N8O/c1-13-6-20(36-38-13)25(12-30)17-4-5-37(11-18(17)25)21-10-34-23(24(32)35-21)22(31)15-7-14-2-3-16(26(27,28)29)8-19(14)33-9-15/h2-3,6-10,17-18,31H,4-5,11-12,30H2,1H3,(H2,32,35)/t17-,18+,25+/m1/s1. The first-order valence-electron chi connectivity index (χ1n) is 12.2. The third-order valence-corrected chi connectivity index (χ3v) is 7.92. The summed E-state index contributed by atoms with van der Waals surface area (Å²) >= 11 is 0. The third-order valence-electron chi connectivity index (χ3n) is 7.92. The highest BCUT2D eigenvalue weighted by Crippen LogP contribution is 2.62. The van der Waals surface area contributed by atoms with Crippen molar-refractivity contribution in [3.05, 3.63) is 71.0 Å². The molecule has 0 unspecified atom stereocenters. The van der Waals surface area contributed by atoms with Crippen molar-refractivity contribution in [2.24, 2.45) is 17.6 Å². The Morgan fingerprint density at radius 1 is 1.18 bits per heavy atom. The van der Waals surface area contributed by atoms with Crippen molar-refractivity contribution in [2.75, 3.05) is 30.3 Å². The molecule has 3 atom stereocenters. The number of fused-ring (bicyclic) bond motifs is 2. The van der Waals surface area contributed by atoms with E-state index in [0.29, 0.717) is 35.1 Å². The summed E-state index contributed by atoms with van der Waals surface area (Å²) in [6.07, 6.45) is -0.596. The maximum atomic E-state index is 13.0. The van der Waals surface area contributed by atoms with Crippen molar-refractivity contribution in [1.29, 1.82) is 5.41 Å². The molecule has 0 radical (unpaired) electrons. The highest BCUT2D eigenvalue weighted by Gasteiger charge is 2.67. The van der Waals surface area contributed by atoms with Gasteiger partial charge in [-0.05, 0) is 43.4 Å². The minimum atomic E-state index is -4.46. The summed E-state index contributed by atoms with van der Waals surface area (Å²) in [5.41, 5.74) is 13.1. The van der Waals surface area contributed by atoms with Crippen molar-refractivity contribution < 1.29 is 17.7 Å². The number of hydrogen-bond acceptors (Lipinski definition) is 9. The average Bonchev–Trinajstić information content (AvgIpc) is 3.36. The highest BCUT2D eigenvalue weighted by molar-refractivity contribution is 6.13. The van der Waals surface area contributed by atoms with Gasteiger partial charge in [0.2, 0.25) is 0 Å². The van der Waals surface area contributed by atoms with E-state index in [4.69, 9.17) is 21.4 Å².